The van der Waals surface area contributed by atoms with Crippen molar-refractivity contribution in [3.63, 3.8) is 0 Å². The molecule has 0 radical (unpaired) electrons. The summed E-state index contributed by atoms with van der Waals surface area (Å²) in [4.78, 5) is 12.2. The van der Waals surface area contributed by atoms with Crippen LogP contribution < -0.4 is 5.32 Å². The molecule has 4 aromatic rings. The third-order valence-electron chi connectivity index (χ3n) is 4.02. The molecule has 1 amide bonds. The van der Waals surface area contributed by atoms with E-state index in [1.807, 2.05) is 53.1 Å². The summed E-state index contributed by atoms with van der Waals surface area (Å²) in [5.41, 5.74) is 0.954. The van der Waals surface area contributed by atoms with Crippen LogP contribution in [-0.2, 0) is 17.9 Å². The number of furan rings is 2. The van der Waals surface area contributed by atoms with Crippen molar-refractivity contribution < 1.29 is 13.6 Å². The Hall–Kier alpha value is -3.26. The lowest BCUT2D eigenvalue weighted by Gasteiger charge is -2.09. The van der Waals surface area contributed by atoms with E-state index in [1.54, 1.807) is 18.6 Å². The SMILES string of the molecule is O=C(CSc1nnc(-c2ccccc2)n1Cc1ccco1)NCc1ccco1. The number of aromatic nitrogens is 3. The van der Waals surface area contributed by atoms with Crippen LogP contribution in [0, 0.1) is 0 Å². The molecular weight excluding hydrogens is 376 g/mol. The van der Waals surface area contributed by atoms with E-state index >= 15 is 0 Å². The van der Waals surface area contributed by atoms with Gasteiger partial charge in [-0.1, -0.05) is 42.1 Å². The normalized spacial score (nSPS) is 10.9. The second kappa shape index (κ2) is 8.62. The highest BCUT2D eigenvalue weighted by atomic mass is 32.2. The molecule has 0 atom stereocenters. The molecule has 0 aliphatic rings. The first kappa shape index (κ1) is 18.1. The molecule has 8 heteroatoms. The number of hydrogen-bond acceptors (Lipinski definition) is 6. The maximum absolute atomic E-state index is 12.2. The lowest BCUT2D eigenvalue weighted by Crippen LogP contribution is -2.24. The Morgan fingerprint density at radius 3 is 2.43 bits per heavy atom. The molecule has 0 spiro atoms. The van der Waals surface area contributed by atoms with E-state index in [4.69, 9.17) is 8.83 Å². The number of hydrogen-bond donors (Lipinski definition) is 1. The zero-order chi connectivity index (χ0) is 19.2. The second-order valence-electron chi connectivity index (χ2n) is 5.98. The average molecular weight is 394 g/mol. The fraction of sp³-hybridized carbons (Fsp3) is 0.150. The van der Waals surface area contributed by atoms with E-state index in [2.05, 4.69) is 15.5 Å². The van der Waals surface area contributed by atoms with E-state index in [0.717, 1.165) is 17.1 Å². The molecule has 0 bridgehead atoms. The fourth-order valence-corrected chi connectivity index (χ4v) is 3.44. The molecule has 0 unspecified atom stereocenters. The van der Waals surface area contributed by atoms with Crippen molar-refractivity contribution in [2.75, 3.05) is 5.75 Å². The van der Waals surface area contributed by atoms with Gasteiger partial charge in [-0.25, -0.2) is 0 Å². The van der Waals surface area contributed by atoms with Gasteiger partial charge < -0.3 is 14.2 Å². The fourth-order valence-electron chi connectivity index (χ4n) is 2.68. The summed E-state index contributed by atoms with van der Waals surface area (Å²) in [6.07, 6.45) is 3.22. The minimum Gasteiger partial charge on any atom is -0.467 e. The molecule has 0 saturated carbocycles. The Bertz CT molecular complexity index is 1010. The molecule has 0 aliphatic heterocycles. The summed E-state index contributed by atoms with van der Waals surface area (Å²) in [6, 6.07) is 17.2. The molecule has 28 heavy (non-hydrogen) atoms. The molecule has 4 rings (SSSR count). The van der Waals surface area contributed by atoms with Gasteiger partial charge in [0.25, 0.3) is 0 Å². The smallest absolute Gasteiger partial charge is 0.230 e. The molecule has 0 aliphatic carbocycles. The van der Waals surface area contributed by atoms with Crippen LogP contribution in [0.4, 0.5) is 0 Å². The summed E-state index contributed by atoms with van der Waals surface area (Å²) >= 11 is 1.33. The van der Waals surface area contributed by atoms with Crippen molar-refractivity contribution in [3.8, 4) is 11.4 Å². The van der Waals surface area contributed by atoms with Crippen LogP contribution in [0.2, 0.25) is 0 Å². The van der Waals surface area contributed by atoms with Crippen LogP contribution in [-0.4, -0.2) is 26.4 Å². The van der Waals surface area contributed by atoms with E-state index in [9.17, 15) is 4.79 Å². The van der Waals surface area contributed by atoms with E-state index in [-0.39, 0.29) is 11.7 Å². The van der Waals surface area contributed by atoms with Crippen molar-refractivity contribution in [1.29, 1.82) is 0 Å². The van der Waals surface area contributed by atoms with E-state index in [0.29, 0.717) is 24.0 Å². The van der Waals surface area contributed by atoms with Crippen LogP contribution in [0.25, 0.3) is 11.4 Å². The van der Waals surface area contributed by atoms with Crippen LogP contribution in [0.5, 0.6) is 0 Å². The predicted molar refractivity (Wildman–Crippen MR) is 105 cm³/mol. The minimum atomic E-state index is -0.102. The number of nitrogens with one attached hydrogen (secondary N) is 1. The number of carbonyl (C=O) groups excluding carboxylic acids is 1. The Balaban J connectivity index is 1.48. The molecule has 1 aromatic carbocycles. The summed E-state index contributed by atoms with van der Waals surface area (Å²) in [5, 5.41) is 12.1. The summed E-state index contributed by atoms with van der Waals surface area (Å²) in [6.45, 7) is 0.849. The molecule has 142 valence electrons. The predicted octanol–water partition coefficient (Wildman–Crippen LogP) is 3.59. The molecule has 3 heterocycles. The third kappa shape index (κ3) is 4.34. The zero-order valence-corrected chi connectivity index (χ0v) is 15.8. The quantitative estimate of drug-likeness (QED) is 0.460. The van der Waals surface area contributed by atoms with Crippen molar-refractivity contribution >= 4 is 17.7 Å². The number of rotatable bonds is 8. The Labute approximate surface area is 165 Å². The third-order valence-corrected chi connectivity index (χ3v) is 4.98. The molecule has 3 aromatic heterocycles. The summed E-state index contributed by atoms with van der Waals surface area (Å²) in [5.74, 6) is 2.36. The number of thioether (sulfide) groups is 1. The van der Waals surface area contributed by atoms with Crippen molar-refractivity contribution in [3.05, 3.63) is 78.6 Å². The largest absolute Gasteiger partial charge is 0.467 e. The maximum atomic E-state index is 12.2. The number of amides is 1. The first-order valence-corrected chi connectivity index (χ1v) is 9.71. The number of nitrogens with zero attached hydrogens (tertiary/aromatic N) is 3. The van der Waals surface area contributed by atoms with E-state index in [1.165, 1.54) is 11.8 Å². The molecule has 7 nitrogen and oxygen atoms in total. The van der Waals surface area contributed by atoms with Gasteiger partial charge in [0.05, 0.1) is 31.4 Å². The van der Waals surface area contributed by atoms with Gasteiger partial charge >= 0.3 is 0 Å². The molecule has 0 fully saturated rings. The first-order chi connectivity index (χ1) is 13.8. The Morgan fingerprint density at radius 1 is 0.964 bits per heavy atom. The molecule has 0 saturated heterocycles. The number of carbonyl (C=O) groups is 1. The lowest BCUT2D eigenvalue weighted by molar-refractivity contribution is -0.118. The topological polar surface area (TPSA) is 86.1 Å². The van der Waals surface area contributed by atoms with Gasteiger partial charge in [-0.2, -0.15) is 0 Å². The van der Waals surface area contributed by atoms with Crippen molar-refractivity contribution in [1.82, 2.24) is 20.1 Å². The van der Waals surface area contributed by atoms with Gasteiger partial charge in [0.2, 0.25) is 5.91 Å². The van der Waals surface area contributed by atoms with Crippen LogP contribution >= 0.6 is 11.8 Å². The minimum absolute atomic E-state index is 0.102. The van der Waals surface area contributed by atoms with Gasteiger partial charge in [0.1, 0.15) is 11.5 Å². The van der Waals surface area contributed by atoms with Gasteiger partial charge in [-0.15, -0.1) is 10.2 Å². The standard InChI is InChI=1S/C20H18N4O3S/c25-18(21-12-16-8-4-10-26-16)14-28-20-23-22-19(15-6-2-1-3-7-15)24(20)13-17-9-5-11-27-17/h1-11H,12-14H2,(H,21,25). The second-order valence-corrected chi connectivity index (χ2v) is 6.92. The van der Waals surface area contributed by atoms with Crippen LogP contribution in [0.3, 0.4) is 0 Å². The molecule has 1 N–H and O–H groups in total. The van der Waals surface area contributed by atoms with Crippen molar-refractivity contribution in [2.24, 2.45) is 0 Å². The highest BCUT2D eigenvalue weighted by molar-refractivity contribution is 7.99. The lowest BCUT2D eigenvalue weighted by atomic mass is 10.2. The first-order valence-electron chi connectivity index (χ1n) is 8.72. The van der Waals surface area contributed by atoms with E-state index < -0.39 is 0 Å². The van der Waals surface area contributed by atoms with Crippen LogP contribution in [0.15, 0.2) is 81.1 Å². The Kier molecular flexibility index (Phi) is 5.58. The van der Waals surface area contributed by atoms with Gasteiger partial charge in [-0.05, 0) is 24.3 Å². The van der Waals surface area contributed by atoms with Gasteiger partial charge in [0.15, 0.2) is 11.0 Å². The summed E-state index contributed by atoms with van der Waals surface area (Å²) in [7, 11) is 0. The maximum Gasteiger partial charge on any atom is 0.230 e. The monoisotopic (exact) mass is 394 g/mol. The highest BCUT2D eigenvalue weighted by Gasteiger charge is 2.17. The average Bonchev–Trinajstić information content (AvgIpc) is 3.48. The molecular formula is C20H18N4O3S. The number of benzene rings is 1. The van der Waals surface area contributed by atoms with Gasteiger partial charge in [-0.3, -0.25) is 9.36 Å². The van der Waals surface area contributed by atoms with Crippen LogP contribution in [0.1, 0.15) is 11.5 Å². The van der Waals surface area contributed by atoms with Gasteiger partial charge in [0, 0.05) is 5.56 Å². The highest BCUT2D eigenvalue weighted by Crippen LogP contribution is 2.25. The van der Waals surface area contributed by atoms with Crippen molar-refractivity contribution in [2.45, 2.75) is 18.2 Å². The zero-order valence-electron chi connectivity index (χ0n) is 14.9. The summed E-state index contributed by atoms with van der Waals surface area (Å²) < 4.78 is 12.7. The Morgan fingerprint density at radius 2 is 1.71 bits per heavy atom.